The first-order chi connectivity index (χ1) is 7.25. The van der Waals surface area contributed by atoms with Gasteiger partial charge in [0.1, 0.15) is 5.82 Å². The number of piperidine rings is 1. The molecule has 0 aliphatic carbocycles. The van der Waals surface area contributed by atoms with E-state index in [1.807, 2.05) is 25.3 Å². The lowest BCUT2D eigenvalue weighted by molar-refractivity contribution is 0.333. The molecule has 0 aromatic carbocycles. The summed E-state index contributed by atoms with van der Waals surface area (Å²) in [6.45, 7) is 3.45. The number of nitrogens with zero attached hydrogens (tertiary/aromatic N) is 3. The van der Waals surface area contributed by atoms with Gasteiger partial charge in [-0.25, -0.2) is 4.98 Å². The molecule has 0 spiro atoms. The molecule has 2 heterocycles. The molecule has 0 unspecified atom stereocenters. The minimum atomic E-state index is 0.815. The Hall–Kier alpha value is -1.03. The summed E-state index contributed by atoms with van der Waals surface area (Å²) < 4.78 is 2.21. The van der Waals surface area contributed by atoms with Gasteiger partial charge in [-0.1, -0.05) is 0 Å². The molecule has 1 aromatic heterocycles. The highest BCUT2D eigenvalue weighted by molar-refractivity contribution is 5.33. The van der Waals surface area contributed by atoms with E-state index in [1.54, 1.807) is 0 Å². The van der Waals surface area contributed by atoms with Crippen LogP contribution in [0.5, 0.6) is 0 Å². The van der Waals surface area contributed by atoms with E-state index in [4.69, 9.17) is 0 Å². The molecule has 0 bridgehead atoms. The van der Waals surface area contributed by atoms with Crippen molar-refractivity contribution in [3.05, 3.63) is 12.5 Å². The van der Waals surface area contributed by atoms with Crippen LogP contribution in [-0.4, -0.2) is 36.7 Å². The molecular formula is C11H20N4. The van der Waals surface area contributed by atoms with E-state index >= 15 is 0 Å². The van der Waals surface area contributed by atoms with Gasteiger partial charge in [0, 0.05) is 26.8 Å². The summed E-state index contributed by atoms with van der Waals surface area (Å²) in [6.07, 6.45) is 6.64. The molecule has 4 heteroatoms. The third kappa shape index (κ3) is 2.72. The largest absolute Gasteiger partial charge is 0.361 e. The van der Waals surface area contributed by atoms with Crippen LogP contribution >= 0.6 is 0 Å². The molecule has 0 radical (unpaired) electrons. The van der Waals surface area contributed by atoms with Crippen molar-refractivity contribution >= 4 is 5.82 Å². The highest BCUT2D eigenvalue weighted by Gasteiger charge is 2.13. The number of hydrogen-bond donors (Lipinski definition) is 1. The number of anilines is 1. The van der Waals surface area contributed by atoms with Gasteiger partial charge >= 0.3 is 0 Å². The molecule has 1 aliphatic rings. The Balaban J connectivity index is 1.91. The van der Waals surface area contributed by atoms with Gasteiger partial charge in [-0.15, -0.1) is 0 Å². The van der Waals surface area contributed by atoms with Gasteiger partial charge in [-0.3, -0.25) is 0 Å². The topological polar surface area (TPSA) is 33.1 Å². The second-order valence-corrected chi connectivity index (χ2v) is 4.52. The van der Waals surface area contributed by atoms with E-state index in [0.717, 1.165) is 18.3 Å². The molecule has 84 valence electrons. The third-order valence-corrected chi connectivity index (χ3v) is 3.01. The predicted molar refractivity (Wildman–Crippen MR) is 62.1 cm³/mol. The van der Waals surface area contributed by atoms with Crippen LogP contribution in [0.15, 0.2) is 12.5 Å². The average molecular weight is 208 g/mol. The van der Waals surface area contributed by atoms with Crippen LogP contribution in [-0.2, 0) is 6.54 Å². The zero-order valence-electron chi connectivity index (χ0n) is 9.61. The molecule has 0 saturated carbocycles. The molecule has 4 nitrogen and oxygen atoms in total. The lowest BCUT2D eigenvalue weighted by Crippen LogP contribution is -2.29. The summed E-state index contributed by atoms with van der Waals surface area (Å²) in [5.41, 5.74) is 0. The highest BCUT2D eigenvalue weighted by Crippen LogP contribution is 2.15. The maximum atomic E-state index is 4.35. The molecule has 0 atom stereocenters. The summed E-state index contributed by atoms with van der Waals surface area (Å²) in [5, 5.41) is 3.39. The first kappa shape index (κ1) is 10.5. The van der Waals surface area contributed by atoms with E-state index in [2.05, 4.69) is 21.1 Å². The molecular weight excluding hydrogens is 188 g/mol. The van der Waals surface area contributed by atoms with Crippen molar-refractivity contribution in [2.45, 2.75) is 19.4 Å². The summed E-state index contributed by atoms with van der Waals surface area (Å²) in [5.74, 6) is 1.86. The molecule has 15 heavy (non-hydrogen) atoms. The standard InChI is InChI=1S/C11H20N4/c1-14(2)11-8-15(9-13-11)7-10-3-5-12-6-4-10/h8-10,12H,3-7H2,1-2H3. The van der Waals surface area contributed by atoms with E-state index in [-0.39, 0.29) is 0 Å². The van der Waals surface area contributed by atoms with Crippen LogP contribution in [0.1, 0.15) is 12.8 Å². The first-order valence-electron chi connectivity index (χ1n) is 5.65. The van der Waals surface area contributed by atoms with Crippen LogP contribution in [0.3, 0.4) is 0 Å². The lowest BCUT2D eigenvalue weighted by Gasteiger charge is -2.22. The second-order valence-electron chi connectivity index (χ2n) is 4.52. The summed E-state index contributed by atoms with van der Waals surface area (Å²) in [7, 11) is 4.05. The number of nitrogens with one attached hydrogen (secondary N) is 1. The van der Waals surface area contributed by atoms with Gasteiger partial charge < -0.3 is 14.8 Å². The quantitative estimate of drug-likeness (QED) is 0.803. The number of rotatable bonds is 3. The fourth-order valence-electron chi connectivity index (χ4n) is 2.04. The average Bonchev–Trinajstić information content (AvgIpc) is 2.68. The van der Waals surface area contributed by atoms with E-state index in [9.17, 15) is 0 Å². The summed E-state index contributed by atoms with van der Waals surface area (Å²) in [4.78, 5) is 6.40. The minimum absolute atomic E-state index is 0.815. The lowest BCUT2D eigenvalue weighted by atomic mass is 9.98. The Morgan fingerprint density at radius 1 is 1.47 bits per heavy atom. The Labute approximate surface area is 91.3 Å². The van der Waals surface area contributed by atoms with Gasteiger partial charge in [0.2, 0.25) is 0 Å². The smallest absolute Gasteiger partial charge is 0.146 e. The van der Waals surface area contributed by atoms with Crippen LogP contribution in [0, 0.1) is 5.92 Å². The van der Waals surface area contributed by atoms with E-state index in [1.165, 1.54) is 25.9 Å². The summed E-state index contributed by atoms with van der Waals surface area (Å²) in [6, 6.07) is 0. The van der Waals surface area contributed by atoms with Crippen molar-refractivity contribution in [3.63, 3.8) is 0 Å². The molecule has 1 aromatic rings. The van der Waals surface area contributed by atoms with Crippen molar-refractivity contribution in [1.29, 1.82) is 0 Å². The second kappa shape index (κ2) is 4.66. The van der Waals surface area contributed by atoms with Gasteiger partial charge in [-0.05, 0) is 31.8 Å². The van der Waals surface area contributed by atoms with Crippen LogP contribution in [0.25, 0.3) is 0 Å². The Morgan fingerprint density at radius 3 is 2.80 bits per heavy atom. The molecule has 1 fully saturated rings. The van der Waals surface area contributed by atoms with Gasteiger partial charge in [0.25, 0.3) is 0 Å². The number of aromatic nitrogens is 2. The zero-order chi connectivity index (χ0) is 10.7. The van der Waals surface area contributed by atoms with E-state index in [0.29, 0.717) is 0 Å². The Kier molecular flexibility index (Phi) is 3.26. The monoisotopic (exact) mass is 208 g/mol. The number of hydrogen-bond acceptors (Lipinski definition) is 3. The van der Waals surface area contributed by atoms with Gasteiger partial charge in [0.15, 0.2) is 0 Å². The van der Waals surface area contributed by atoms with Crippen molar-refractivity contribution in [3.8, 4) is 0 Å². The molecule has 0 amide bonds. The van der Waals surface area contributed by atoms with Crippen LogP contribution in [0.4, 0.5) is 5.82 Å². The molecule has 1 aliphatic heterocycles. The van der Waals surface area contributed by atoms with Crippen molar-refractivity contribution in [2.75, 3.05) is 32.1 Å². The normalized spacial score (nSPS) is 18.0. The summed E-state index contributed by atoms with van der Waals surface area (Å²) >= 11 is 0. The van der Waals surface area contributed by atoms with Crippen molar-refractivity contribution in [2.24, 2.45) is 5.92 Å². The zero-order valence-corrected chi connectivity index (χ0v) is 9.61. The van der Waals surface area contributed by atoms with E-state index < -0.39 is 0 Å². The number of imidazole rings is 1. The fraction of sp³-hybridized carbons (Fsp3) is 0.727. The van der Waals surface area contributed by atoms with Crippen molar-refractivity contribution in [1.82, 2.24) is 14.9 Å². The first-order valence-corrected chi connectivity index (χ1v) is 5.65. The van der Waals surface area contributed by atoms with Crippen LogP contribution in [0.2, 0.25) is 0 Å². The Morgan fingerprint density at radius 2 is 2.20 bits per heavy atom. The molecule has 1 saturated heterocycles. The van der Waals surface area contributed by atoms with Crippen molar-refractivity contribution < 1.29 is 0 Å². The minimum Gasteiger partial charge on any atom is -0.361 e. The fourth-order valence-corrected chi connectivity index (χ4v) is 2.04. The predicted octanol–water partition coefficient (Wildman–Crippen LogP) is 0.949. The van der Waals surface area contributed by atoms with Gasteiger partial charge in [-0.2, -0.15) is 0 Å². The maximum Gasteiger partial charge on any atom is 0.146 e. The molecule has 2 rings (SSSR count). The maximum absolute atomic E-state index is 4.35. The third-order valence-electron chi connectivity index (χ3n) is 3.01. The molecule has 1 N–H and O–H groups in total. The SMILES string of the molecule is CN(C)c1cn(CC2CCNCC2)cn1. The van der Waals surface area contributed by atoms with Crippen LogP contribution < -0.4 is 10.2 Å². The highest BCUT2D eigenvalue weighted by atomic mass is 15.2. The Bertz CT molecular complexity index is 299. The van der Waals surface area contributed by atoms with Gasteiger partial charge in [0.05, 0.1) is 6.33 Å².